The van der Waals surface area contributed by atoms with Crippen LogP contribution in [-0.4, -0.2) is 29.6 Å². The van der Waals surface area contributed by atoms with Crippen LogP contribution in [0.4, 0.5) is 0 Å². The molecule has 0 bridgehead atoms. The van der Waals surface area contributed by atoms with E-state index < -0.39 is 0 Å². The van der Waals surface area contributed by atoms with Crippen molar-refractivity contribution in [2.75, 3.05) is 6.61 Å². The highest BCUT2D eigenvalue weighted by molar-refractivity contribution is 5.89. The second kappa shape index (κ2) is 6.86. The molecule has 2 unspecified atom stereocenters. The van der Waals surface area contributed by atoms with Gasteiger partial charge in [0.05, 0.1) is 0 Å². The van der Waals surface area contributed by atoms with Crippen molar-refractivity contribution in [2.45, 2.75) is 84.7 Å². The summed E-state index contributed by atoms with van der Waals surface area (Å²) in [5.74, 6) is 2.87. The Balaban J connectivity index is 1.53. The number of rotatable bonds is 3. The fourth-order valence-electron chi connectivity index (χ4n) is 7.91. The molecule has 0 aliphatic heterocycles. The molecule has 0 aromatic heterocycles. The van der Waals surface area contributed by atoms with Gasteiger partial charge in [-0.3, -0.25) is 9.59 Å². The molecule has 0 heterocycles. The molecule has 0 radical (unpaired) electrons. The summed E-state index contributed by atoms with van der Waals surface area (Å²) in [6.07, 6.45) is 9.52. The van der Waals surface area contributed by atoms with Gasteiger partial charge in [-0.2, -0.15) is 0 Å². The number of Topliss-reactive ketones (excluding diaryl/α,β-unsaturated/α-hetero) is 1. The molecule has 4 nitrogen and oxygen atoms in total. The van der Waals surface area contributed by atoms with E-state index in [1.807, 2.05) is 0 Å². The SMILES string of the molecule is CC(=O)OC1CC[C@@]2(C)C(CC[C@@H]3[C@@H]2CC[C@]2(C)C(=O)[C@H](CCO)C[C@@H]32)C1. The number of hydrogen-bond donors (Lipinski definition) is 1. The standard InChI is InChI=1S/C23H36O4/c1-14(25)27-17-6-9-22(2)16(13-17)4-5-18-19(22)7-10-23(3)20(18)12-15(8-11-24)21(23)26/h15-20,24H,4-13H2,1-3H3/t15-,16?,17?,18-,19+,20+,22+,23+/m1/s1. The van der Waals surface area contributed by atoms with Crippen molar-refractivity contribution in [3.63, 3.8) is 0 Å². The Kier molecular flexibility index (Phi) is 4.93. The summed E-state index contributed by atoms with van der Waals surface area (Å²) in [6, 6.07) is 0. The zero-order valence-corrected chi connectivity index (χ0v) is 17.2. The molecule has 0 aromatic carbocycles. The zero-order valence-electron chi connectivity index (χ0n) is 17.2. The minimum absolute atomic E-state index is 0.0778. The maximum absolute atomic E-state index is 13.1. The number of aliphatic hydroxyl groups excluding tert-OH is 1. The summed E-state index contributed by atoms with van der Waals surface area (Å²) in [5.41, 5.74) is 0.179. The van der Waals surface area contributed by atoms with Crippen molar-refractivity contribution in [1.82, 2.24) is 0 Å². The van der Waals surface area contributed by atoms with Crippen molar-refractivity contribution in [1.29, 1.82) is 0 Å². The lowest BCUT2D eigenvalue weighted by molar-refractivity contribution is -0.160. The maximum atomic E-state index is 13.1. The largest absolute Gasteiger partial charge is 0.463 e. The summed E-state index contributed by atoms with van der Waals surface area (Å²) < 4.78 is 5.55. The van der Waals surface area contributed by atoms with E-state index in [0.29, 0.717) is 41.3 Å². The molecule has 0 aromatic rings. The van der Waals surface area contributed by atoms with Gasteiger partial charge in [0.2, 0.25) is 0 Å². The lowest BCUT2D eigenvalue weighted by Gasteiger charge is -2.60. The fraction of sp³-hybridized carbons (Fsp3) is 0.913. The van der Waals surface area contributed by atoms with Crippen molar-refractivity contribution in [3.05, 3.63) is 0 Å². The van der Waals surface area contributed by atoms with E-state index in [0.717, 1.165) is 32.1 Å². The molecule has 0 saturated heterocycles. The fourth-order valence-corrected chi connectivity index (χ4v) is 7.91. The van der Waals surface area contributed by atoms with Gasteiger partial charge in [-0.15, -0.1) is 0 Å². The average molecular weight is 377 g/mol. The third-order valence-electron chi connectivity index (χ3n) is 9.29. The van der Waals surface area contributed by atoms with Crippen molar-refractivity contribution >= 4 is 11.8 Å². The van der Waals surface area contributed by atoms with Crippen LogP contribution in [0.3, 0.4) is 0 Å². The smallest absolute Gasteiger partial charge is 0.302 e. The lowest BCUT2D eigenvalue weighted by atomic mass is 9.45. The third kappa shape index (κ3) is 2.97. The molecule has 27 heavy (non-hydrogen) atoms. The van der Waals surface area contributed by atoms with Gasteiger partial charge < -0.3 is 9.84 Å². The first-order valence-electron chi connectivity index (χ1n) is 11.1. The van der Waals surface area contributed by atoms with Crippen LogP contribution in [0.2, 0.25) is 0 Å². The summed E-state index contributed by atoms with van der Waals surface area (Å²) in [7, 11) is 0. The van der Waals surface area contributed by atoms with E-state index in [9.17, 15) is 14.7 Å². The summed E-state index contributed by atoms with van der Waals surface area (Å²) in [5, 5.41) is 9.39. The van der Waals surface area contributed by atoms with Gasteiger partial charge in [-0.25, -0.2) is 0 Å². The molecule has 152 valence electrons. The van der Waals surface area contributed by atoms with Gasteiger partial charge in [0.1, 0.15) is 11.9 Å². The normalized spacial score (nSPS) is 49.1. The zero-order chi connectivity index (χ0) is 19.4. The van der Waals surface area contributed by atoms with E-state index in [4.69, 9.17) is 4.74 Å². The molecule has 0 spiro atoms. The quantitative estimate of drug-likeness (QED) is 0.752. The molecule has 4 rings (SSSR count). The lowest BCUT2D eigenvalue weighted by Crippen LogP contribution is -2.54. The molecule has 0 amide bonds. The Morgan fingerprint density at radius 1 is 1.11 bits per heavy atom. The summed E-state index contributed by atoms with van der Waals surface area (Å²) in [4.78, 5) is 24.5. The predicted molar refractivity (Wildman–Crippen MR) is 103 cm³/mol. The molecular weight excluding hydrogens is 340 g/mol. The van der Waals surface area contributed by atoms with Crippen LogP contribution < -0.4 is 0 Å². The van der Waals surface area contributed by atoms with E-state index in [1.165, 1.54) is 26.2 Å². The first-order valence-corrected chi connectivity index (χ1v) is 11.1. The highest BCUT2D eigenvalue weighted by atomic mass is 16.5. The van der Waals surface area contributed by atoms with Crippen LogP contribution in [0.1, 0.15) is 78.6 Å². The van der Waals surface area contributed by atoms with Crippen LogP contribution in [0.5, 0.6) is 0 Å². The first-order chi connectivity index (χ1) is 12.8. The van der Waals surface area contributed by atoms with Crippen LogP contribution in [0.15, 0.2) is 0 Å². The molecule has 4 heteroatoms. The Hall–Kier alpha value is -0.900. The highest BCUT2D eigenvalue weighted by Gasteiger charge is 2.62. The minimum Gasteiger partial charge on any atom is -0.463 e. The number of ether oxygens (including phenoxy) is 1. The average Bonchev–Trinajstić information content (AvgIpc) is 2.87. The van der Waals surface area contributed by atoms with Gasteiger partial charge in [0, 0.05) is 24.9 Å². The molecule has 8 atom stereocenters. The number of aliphatic hydroxyl groups is 1. The Labute approximate surface area is 163 Å². The van der Waals surface area contributed by atoms with Crippen LogP contribution in [0.25, 0.3) is 0 Å². The summed E-state index contributed by atoms with van der Waals surface area (Å²) in [6.45, 7) is 6.36. The van der Waals surface area contributed by atoms with Crippen molar-refractivity contribution in [2.24, 2.45) is 40.4 Å². The second-order valence-corrected chi connectivity index (χ2v) is 10.4. The molecule has 1 N–H and O–H groups in total. The molecule has 4 aliphatic rings. The van der Waals surface area contributed by atoms with Crippen LogP contribution in [0, 0.1) is 40.4 Å². The minimum atomic E-state index is -0.154. The Morgan fingerprint density at radius 2 is 1.89 bits per heavy atom. The van der Waals surface area contributed by atoms with Gasteiger partial charge in [-0.1, -0.05) is 13.8 Å². The van der Waals surface area contributed by atoms with E-state index in [2.05, 4.69) is 13.8 Å². The predicted octanol–water partition coefficient (Wildman–Crippen LogP) is 4.14. The molecule has 4 saturated carbocycles. The highest BCUT2D eigenvalue weighted by Crippen LogP contribution is 2.66. The molecule has 4 fully saturated rings. The molecule has 4 aliphatic carbocycles. The molecular formula is C23H36O4. The number of ketones is 1. The summed E-state index contributed by atoms with van der Waals surface area (Å²) >= 11 is 0. The number of carbonyl (C=O) groups is 2. The van der Waals surface area contributed by atoms with E-state index >= 15 is 0 Å². The van der Waals surface area contributed by atoms with Crippen molar-refractivity contribution < 1.29 is 19.4 Å². The number of carbonyl (C=O) groups excluding carboxylic acids is 2. The van der Waals surface area contributed by atoms with Gasteiger partial charge >= 0.3 is 5.97 Å². The van der Waals surface area contributed by atoms with Crippen LogP contribution >= 0.6 is 0 Å². The first kappa shape index (κ1) is 19.4. The van der Waals surface area contributed by atoms with E-state index in [1.54, 1.807) is 0 Å². The number of hydrogen-bond acceptors (Lipinski definition) is 4. The topological polar surface area (TPSA) is 63.6 Å². The Bertz CT molecular complexity index is 615. The monoisotopic (exact) mass is 376 g/mol. The van der Waals surface area contributed by atoms with Gasteiger partial charge in [0.15, 0.2) is 0 Å². The van der Waals surface area contributed by atoms with Crippen LogP contribution in [-0.2, 0) is 14.3 Å². The van der Waals surface area contributed by atoms with Gasteiger partial charge in [-0.05, 0) is 86.9 Å². The number of fused-ring (bicyclic) bond motifs is 5. The van der Waals surface area contributed by atoms with Gasteiger partial charge in [0.25, 0.3) is 0 Å². The maximum Gasteiger partial charge on any atom is 0.302 e. The van der Waals surface area contributed by atoms with E-state index in [-0.39, 0.29) is 30.0 Å². The number of esters is 1. The van der Waals surface area contributed by atoms with Crippen molar-refractivity contribution in [3.8, 4) is 0 Å². The second-order valence-electron chi connectivity index (χ2n) is 10.4. The Morgan fingerprint density at radius 3 is 2.59 bits per heavy atom. The third-order valence-corrected chi connectivity index (χ3v) is 9.29.